The molecule has 0 radical (unpaired) electrons. The lowest BCUT2D eigenvalue weighted by atomic mass is 10.0. The summed E-state index contributed by atoms with van der Waals surface area (Å²) in [7, 11) is 0. The second kappa shape index (κ2) is 13.8. The van der Waals surface area contributed by atoms with Crippen LogP contribution in [-0.2, 0) is 16.0 Å². The molecule has 2 aliphatic rings. The number of carbonyl (C=O) groups excluding carboxylic acids is 2. The van der Waals surface area contributed by atoms with Crippen LogP contribution >= 0.6 is 23.2 Å². The van der Waals surface area contributed by atoms with Gasteiger partial charge in [-0.2, -0.15) is 13.5 Å². The van der Waals surface area contributed by atoms with E-state index in [1.54, 1.807) is 29.2 Å². The number of likely N-dealkylation sites (tertiary alicyclic amines) is 1. The van der Waals surface area contributed by atoms with Crippen molar-refractivity contribution in [3.8, 4) is 11.5 Å². The third-order valence-corrected chi connectivity index (χ3v) is 8.16. The van der Waals surface area contributed by atoms with E-state index in [2.05, 4.69) is 4.74 Å². The highest BCUT2D eigenvalue weighted by atomic mass is 35.5. The molecule has 43 heavy (non-hydrogen) atoms. The maximum atomic E-state index is 13.4. The van der Waals surface area contributed by atoms with E-state index >= 15 is 0 Å². The van der Waals surface area contributed by atoms with Gasteiger partial charge in [0.1, 0.15) is 16.1 Å². The molecule has 0 bridgehead atoms. The summed E-state index contributed by atoms with van der Waals surface area (Å²) in [6.07, 6.45) is 4.58. The Balaban J connectivity index is 1.39. The van der Waals surface area contributed by atoms with Crippen LogP contribution in [0.4, 0.5) is 8.78 Å². The number of aromatic nitrogens is 1. The van der Waals surface area contributed by atoms with E-state index in [1.807, 2.05) is 6.07 Å². The Morgan fingerprint density at radius 2 is 1.74 bits per heavy atom. The summed E-state index contributed by atoms with van der Waals surface area (Å²) in [5.41, 5.74) is 1.33. The van der Waals surface area contributed by atoms with Crippen LogP contribution in [0.1, 0.15) is 59.7 Å². The molecule has 1 aromatic heterocycles. The number of amides is 1. The summed E-state index contributed by atoms with van der Waals surface area (Å²) in [6.45, 7) is -2.20. The molecule has 8 nitrogen and oxygen atoms in total. The normalized spacial score (nSPS) is 17.1. The number of ether oxygens (including phenoxy) is 3. The number of alkyl halides is 2. The Morgan fingerprint density at radius 3 is 2.42 bits per heavy atom. The molecular weight excluding hydrogens is 605 g/mol. The van der Waals surface area contributed by atoms with Crippen LogP contribution in [0.2, 0.25) is 10.0 Å². The van der Waals surface area contributed by atoms with Gasteiger partial charge in [0.15, 0.2) is 23.9 Å². The minimum Gasteiger partial charge on any atom is -0.619 e. The van der Waals surface area contributed by atoms with Crippen molar-refractivity contribution >= 4 is 35.1 Å². The van der Waals surface area contributed by atoms with Gasteiger partial charge in [0.25, 0.3) is 5.91 Å². The Bertz CT molecular complexity index is 1430. The number of pyridine rings is 1. The molecule has 1 saturated carbocycles. The molecule has 1 unspecified atom stereocenters. The first kappa shape index (κ1) is 30.8. The number of hydrogen-bond donors (Lipinski definition) is 0. The fraction of sp³-hybridized carbons (Fsp3) is 0.387. The quantitative estimate of drug-likeness (QED) is 0.128. The van der Waals surface area contributed by atoms with Crippen LogP contribution in [0.15, 0.2) is 60.9 Å². The van der Waals surface area contributed by atoms with Crippen LogP contribution in [0.5, 0.6) is 11.5 Å². The molecule has 0 N–H and O–H groups in total. The van der Waals surface area contributed by atoms with Crippen molar-refractivity contribution in [1.29, 1.82) is 0 Å². The molecule has 5 rings (SSSR count). The Hall–Kier alpha value is -3.63. The number of carbonyl (C=O) groups is 2. The molecule has 2 heterocycles. The Labute approximate surface area is 257 Å². The van der Waals surface area contributed by atoms with Crippen molar-refractivity contribution in [3.05, 3.63) is 92.9 Å². The van der Waals surface area contributed by atoms with Gasteiger partial charge in [-0.05, 0) is 61.4 Å². The highest BCUT2D eigenvalue weighted by Gasteiger charge is 2.33. The lowest BCUT2D eigenvalue weighted by Crippen LogP contribution is -2.37. The topological polar surface area (TPSA) is 92.0 Å². The maximum absolute atomic E-state index is 13.4. The van der Waals surface area contributed by atoms with Crippen LogP contribution < -0.4 is 14.2 Å². The first-order valence-corrected chi connectivity index (χ1v) is 14.8. The van der Waals surface area contributed by atoms with Crippen LogP contribution in [-0.4, -0.2) is 42.6 Å². The van der Waals surface area contributed by atoms with Gasteiger partial charge in [-0.15, -0.1) is 0 Å². The standard InChI is InChI=1S/C31H30Cl2F2N2O6/c32-24-16-36(40)17-25(33)23(24)15-27(21-10-11-26(43-31(34)35)28(13-21)41-18-19-8-9-19)42-29(38)14-22-7-4-12-37(22)30(39)20-5-2-1-3-6-20/h1-3,5-6,10-11,13,16-17,19,22,27,31H,4,7-9,12,14-15,18H2/t22?,27-/m0/s1. The van der Waals surface area contributed by atoms with Gasteiger partial charge in [-0.3, -0.25) is 9.59 Å². The lowest BCUT2D eigenvalue weighted by molar-refractivity contribution is -0.605. The summed E-state index contributed by atoms with van der Waals surface area (Å²) >= 11 is 12.7. The Kier molecular flexibility index (Phi) is 9.87. The number of halogens is 4. The average molecular weight is 635 g/mol. The van der Waals surface area contributed by atoms with Gasteiger partial charge in [0.2, 0.25) is 0 Å². The molecule has 2 atom stereocenters. The fourth-order valence-electron chi connectivity index (χ4n) is 5.12. The van der Waals surface area contributed by atoms with E-state index in [9.17, 15) is 23.6 Å². The summed E-state index contributed by atoms with van der Waals surface area (Å²) in [6, 6.07) is 12.8. The summed E-state index contributed by atoms with van der Waals surface area (Å²) < 4.78 is 43.1. The molecule has 2 fully saturated rings. The van der Waals surface area contributed by atoms with Gasteiger partial charge in [0.05, 0.1) is 13.0 Å². The molecule has 0 spiro atoms. The van der Waals surface area contributed by atoms with Gasteiger partial charge in [-0.1, -0.05) is 47.5 Å². The molecule has 1 saturated heterocycles. The third-order valence-electron chi connectivity index (χ3n) is 7.51. The third kappa shape index (κ3) is 8.06. The summed E-state index contributed by atoms with van der Waals surface area (Å²) in [4.78, 5) is 28.2. The van der Waals surface area contributed by atoms with Crippen LogP contribution in [0.25, 0.3) is 0 Å². The highest BCUT2D eigenvalue weighted by Crippen LogP contribution is 2.38. The maximum Gasteiger partial charge on any atom is 0.387 e. The number of rotatable bonds is 12. The van der Waals surface area contributed by atoms with E-state index in [-0.39, 0.29) is 46.3 Å². The lowest BCUT2D eigenvalue weighted by Gasteiger charge is -2.26. The van der Waals surface area contributed by atoms with Crippen molar-refractivity contribution < 1.29 is 37.3 Å². The molecule has 2 aromatic carbocycles. The molecule has 1 amide bonds. The Morgan fingerprint density at radius 1 is 1.02 bits per heavy atom. The van der Waals surface area contributed by atoms with Gasteiger partial charge >= 0.3 is 12.6 Å². The summed E-state index contributed by atoms with van der Waals surface area (Å²) in [5, 5.41) is 12.0. The molecule has 228 valence electrons. The highest BCUT2D eigenvalue weighted by molar-refractivity contribution is 6.35. The number of nitrogens with zero attached hydrogens (tertiary/aromatic N) is 2. The molecule has 1 aliphatic heterocycles. The minimum atomic E-state index is -3.06. The predicted octanol–water partition coefficient (Wildman–Crippen LogP) is 6.54. The van der Waals surface area contributed by atoms with Crippen molar-refractivity contribution in [2.75, 3.05) is 13.2 Å². The van der Waals surface area contributed by atoms with Crippen LogP contribution in [0.3, 0.4) is 0 Å². The van der Waals surface area contributed by atoms with Gasteiger partial charge in [0, 0.05) is 30.1 Å². The van der Waals surface area contributed by atoms with Crippen molar-refractivity contribution in [2.45, 2.75) is 57.3 Å². The molecule has 1 aliphatic carbocycles. The molecular formula is C31H30Cl2F2N2O6. The number of esters is 1. The monoisotopic (exact) mass is 634 g/mol. The first-order valence-electron chi connectivity index (χ1n) is 14.0. The predicted molar refractivity (Wildman–Crippen MR) is 154 cm³/mol. The molecule has 12 heteroatoms. The average Bonchev–Trinajstić information content (AvgIpc) is 3.69. The minimum absolute atomic E-state index is 0.0152. The van der Waals surface area contributed by atoms with Crippen molar-refractivity contribution in [2.24, 2.45) is 5.92 Å². The van der Waals surface area contributed by atoms with E-state index in [0.717, 1.165) is 31.7 Å². The van der Waals surface area contributed by atoms with Crippen molar-refractivity contribution in [1.82, 2.24) is 4.90 Å². The van der Waals surface area contributed by atoms with E-state index < -0.39 is 18.7 Å². The smallest absolute Gasteiger partial charge is 0.387 e. The summed E-state index contributed by atoms with van der Waals surface area (Å²) in [5.74, 6) is -0.450. The van der Waals surface area contributed by atoms with Crippen molar-refractivity contribution in [3.63, 3.8) is 0 Å². The first-order chi connectivity index (χ1) is 20.7. The number of benzene rings is 2. The zero-order valence-electron chi connectivity index (χ0n) is 23.1. The zero-order chi connectivity index (χ0) is 30.5. The van der Waals surface area contributed by atoms with Crippen LogP contribution in [0, 0.1) is 11.1 Å². The van der Waals surface area contributed by atoms with E-state index in [4.69, 9.17) is 32.7 Å². The SMILES string of the molecule is O=C(CC1CCCN1C(=O)c1ccccc1)O[C@@H](Cc1c(Cl)c[n+]([O-])cc1Cl)c1ccc(OC(F)F)c(OCC2CC2)c1. The van der Waals surface area contributed by atoms with Gasteiger partial charge in [-0.25, -0.2) is 0 Å². The van der Waals surface area contributed by atoms with E-state index in [0.29, 0.717) is 46.9 Å². The van der Waals surface area contributed by atoms with Gasteiger partial charge < -0.3 is 24.3 Å². The fourth-order valence-corrected chi connectivity index (χ4v) is 5.72. The zero-order valence-corrected chi connectivity index (χ0v) is 24.6. The van der Waals surface area contributed by atoms with E-state index in [1.165, 1.54) is 18.2 Å². The number of hydrogen-bond acceptors (Lipinski definition) is 6. The largest absolute Gasteiger partial charge is 0.619 e. The second-order valence-electron chi connectivity index (χ2n) is 10.7. The second-order valence-corrected chi connectivity index (χ2v) is 11.5. The molecule has 3 aromatic rings.